The van der Waals surface area contributed by atoms with Gasteiger partial charge >= 0.3 is 12.4 Å². The number of nitrogens with one attached hydrogen (secondary N) is 1. The zero-order valence-corrected chi connectivity index (χ0v) is 14.3. The van der Waals surface area contributed by atoms with Gasteiger partial charge in [-0.15, -0.1) is 0 Å². The van der Waals surface area contributed by atoms with Crippen molar-refractivity contribution < 1.29 is 35.9 Å². The maximum absolute atomic E-state index is 12.8. The molecule has 2 rings (SSSR count). The number of rotatable bonds is 4. The number of carbonyl (C=O) groups is 1. The number of anilines is 1. The van der Waals surface area contributed by atoms with Crippen LogP contribution in [0, 0.1) is 0 Å². The average molecular weight is 412 g/mol. The highest BCUT2D eigenvalue weighted by Crippen LogP contribution is 2.37. The number of halogens is 7. The number of hydrogen-bond donors (Lipinski definition) is 1. The van der Waals surface area contributed by atoms with Gasteiger partial charge in [-0.2, -0.15) is 26.3 Å². The van der Waals surface area contributed by atoms with E-state index < -0.39 is 41.2 Å². The molecule has 0 fully saturated rings. The molecular formula is C17H12ClF6NO2. The highest BCUT2D eigenvalue weighted by atomic mass is 35.5. The first kappa shape index (κ1) is 20.9. The largest absolute Gasteiger partial charge is 0.481 e. The summed E-state index contributed by atoms with van der Waals surface area (Å²) in [7, 11) is 0. The number of amides is 1. The average Bonchev–Trinajstić information content (AvgIpc) is 2.55. The van der Waals surface area contributed by atoms with Gasteiger partial charge < -0.3 is 10.1 Å². The Morgan fingerprint density at radius 3 is 1.89 bits per heavy atom. The van der Waals surface area contributed by atoms with Gasteiger partial charge in [0, 0.05) is 10.7 Å². The van der Waals surface area contributed by atoms with Crippen LogP contribution >= 0.6 is 11.6 Å². The van der Waals surface area contributed by atoms with Crippen molar-refractivity contribution in [2.24, 2.45) is 0 Å². The van der Waals surface area contributed by atoms with Gasteiger partial charge in [-0.3, -0.25) is 4.79 Å². The lowest BCUT2D eigenvalue weighted by molar-refractivity contribution is -0.143. The third-order valence-electron chi connectivity index (χ3n) is 3.35. The van der Waals surface area contributed by atoms with Gasteiger partial charge in [0.25, 0.3) is 5.91 Å². The molecule has 27 heavy (non-hydrogen) atoms. The molecule has 3 nitrogen and oxygen atoms in total. The third kappa shape index (κ3) is 5.78. The lowest BCUT2D eigenvalue weighted by Crippen LogP contribution is -2.30. The first-order valence-electron chi connectivity index (χ1n) is 7.39. The Morgan fingerprint density at radius 2 is 1.44 bits per heavy atom. The highest BCUT2D eigenvalue weighted by molar-refractivity contribution is 6.30. The molecule has 0 spiro atoms. The van der Waals surface area contributed by atoms with Crippen molar-refractivity contribution in [3.63, 3.8) is 0 Å². The number of benzene rings is 2. The first-order valence-corrected chi connectivity index (χ1v) is 7.76. The molecule has 1 atom stereocenters. The molecule has 0 bridgehead atoms. The Morgan fingerprint density at radius 1 is 0.963 bits per heavy atom. The second-order valence-electron chi connectivity index (χ2n) is 5.50. The van der Waals surface area contributed by atoms with Crippen LogP contribution in [0.15, 0.2) is 42.5 Å². The molecule has 0 saturated heterocycles. The van der Waals surface area contributed by atoms with Crippen molar-refractivity contribution in [3.8, 4) is 5.75 Å². The van der Waals surface area contributed by atoms with Gasteiger partial charge in [0.15, 0.2) is 6.10 Å². The molecule has 0 heterocycles. The summed E-state index contributed by atoms with van der Waals surface area (Å²) < 4.78 is 82.3. The Bertz CT molecular complexity index is 785. The summed E-state index contributed by atoms with van der Waals surface area (Å²) in [6, 6.07) is 6.71. The van der Waals surface area contributed by atoms with Crippen molar-refractivity contribution in [2.45, 2.75) is 25.4 Å². The van der Waals surface area contributed by atoms with Crippen LogP contribution in [-0.2, 0) is 17.1 Å². The predicted octanol–water partition coefficient (Wildman–Crippen LogP) is 5.78. The molecule has 1 amide bonds. The Hall–Kier alpha value is -2.42. The smallest absolute Gasteiger partial charge is 0.416 e. The number of alkyl halides is 6. The van der Waals surface area contributed by atoms with Crippen LogP contribution in [0.4, 0.5) is 32.0 Å². The summed E-state index contributed by atoms with van der Waals surface area (Å²) in [6.45, 7) is 1.29. The van der Waals surface area contributed by atoms with Gasteiger partial charge in [0.1, 0.15) is 5.75 Å². The lowest BCUT2D eigenvalue weighted by Gasteiger charge is -2.17. The van der Waals surface area contributed by atoms with Gasteiger partial charge in [0.2, 0.25) is 0 Å². The van der Waals surface area contributed by atoms with Gasteiger partial charge in [-0.05, 0) is 49.4 Å². The van der Waals surface area contributed by atoms with E-state index in [-0.39, 0.29) is 11.8 Å². The summed E-state index contributed by atoms with van der Waals surface area (Å²) in [5.41, 5.74) is -3.70. The Kier molecular flexibility index (Phi) is 5.94. The molecule has 2 aromatic rings. The quantitative estimate of drug-likeness (QED) is 0.647. The monoisotopic (exact) mass is 411 g/mol. The topological polar surface area (TPSA) is 38.3 Å². The van der Waals surface area contributed by atoms with E-state index in [0.717, 1.165) is 0 Å². The van der Waals surface area contributed by atoms with Crippen molar-refractivity contribution in [2.75, 3.05) is 5.32 Å². The third-order valence-corrected chi connectivity index (χ3v) is 3.60. The van der Waals surface area contributed by atoms with Crippen molar-refractivity contribution in [1.82, 2.24) is 0 Å². The molecule has 0 saturated carbocycles. The van der Waals surface area contributed by atoms with E-state index in [1.807, 2.05) is 5.32 Å². The number of ether oxygens (including phenoxy) is 1. The van der Waals surface area contributed by atoms with Gasteiger partial charge in [-0.25, -0.2) is 0 Å². The van der Waals surface area contributed by atoms with Crippen LogP contribution in [0.2, 0.25) is 5.02 Å². The Labute approximate surface area is 154 Å². The molecule has 2 aromatic carbocycles. The first-order chi connectivity index (χ1) is 12.4. The summed E-state index contributed by atoms with van der Waals surface area (Å²) in [5, 5.41) is 2.43. The van der Waals surface area contributed by atoms with E-state index in [9.17, 15) is 31.1 Å². The second kappa shape index (κ2) is 7.67. The van der Waals surface area contributed by atoms with E-state index in [2.05, 4.69) is 0 Å². The molecule has 1 N–H and O–H groups in total. The summed E-state index contributed by atoms with van der Waals surface area (Å²) in [5.74, 6) is -0.667. The highest BCUT2D eigenvalue weighted by Gasteiger charge is 2.37. The van der Waals surface area contributed by atoms with Crippen LogP contribution in [0.3, 0.4) is 0 Å². The predicted molar refractivity (Wildman–Crippen MR) is 86.6 cm³/mol. The SMILES string of the molecule is C[C@@H](Oc1ccc(Cl)cc1)C(=O)Nc1cc(C(F)(F)F)cc(C(F)(F)F)c1. The van der Waals surface area contributed by atoms with Gasteiger partial charge in [0.05, 0.1) is 11.1 Å². The minimum absolute atomic E-state index is 0.0245. The Balaban J connectivity index is 2.21. The van der Waals surface area contributed by atoms with Crippen LogP contribution in [-0.4, -0.2) is 12.0 Å². The summed E-state index contributed by atoms with van der Waals surface area (Å²) in [6.07, 6.45) is -11.2. The molecule has 0 aliphatic rings. The van der Waals surface area contributed by atoms with Crippen molar-refractivity contribution in [3.05, 3.63) is 58.6 Å². The second-order valence-corrected chi connectivity index (χ2v) is 5.93. The molecule has 146 valence electrons. The molecule has 0 aliphatic carbocycles. The minimum atomic E-state index is -5.01. The van der Waals surface area contributed by atoms with Crippen LogP contribution in [0.5, 0.6) is 5.75 Å². The number of hydrogen-bond acceptors (Lipinski definition) is 2. The zero-order chi connectivity index (χ0) is 20.4. The number of carbonyl (C=O) groups excluding carboxylic acids is 1. The standard InChI is InChI=1S/C17H12ClF6NO2/c1-9(27-14-4-2-12(18)3-5-14)15(26)25-13-7-10(16(19,20)21)6-11(8-13)17(22,23)24/h2-9H,1H3,(H,25,26)/t9-/m1/s1. The lowest BCUT2D eigenvalue weighted by atomic mass is 10.1. The summed E-state index contributed by atoms with van der Waals surface area (Å²) in [4.78, 5) is 12.1. The van der Waals surface area contributed by atoms with Crippen LogP contribution < -0.4 is 10.1 Å². The fraction of sp³-hybridized carbons (Fsp3) is 0.235. The maximum atomic E-state index is 12.8. The minimum Gasteiger partial charge on any atom is -0.481 e. The molecule has 0 radical (unpaired) electrons. The maximum Gasteiger partial charge on any atom is 0.416 e. The summed E-state index contributed by atoms with van der Waals surface area (Å²) >= 11 is 5.70. The zero-order valence-electron chi connectivity index (χ0n) is 13.6. The molecule has 10 heteroatoms. The van der Waals surface area contributed by atoms with E-state index >= 15 is 0 Å². The normalized spacial score (nSPS) is 13.2. The van der Waals surface area contributed by atoms with Gasteiger partial charge in [-0.1, -0.05) is 11.6 Å². The molecular weight excluding hydrogens is 400 g/mol. The van der Waals surface area contributed by atoms with Crippen LogP contribution in [0.1, 0.15) is 18.1 Å². The fourth-order valence-electron chi connectivity index (χ4n) is 2.04. The van der Waals surface area contributed by atoms with E-state index in [0.29, 0.717) is 17.2 Å². The van der Waals surface area contributed by atoms with E-state index in [4.69, 9.17) is 16.3 Å². The molecule has 0 aromatic heterocycles. The van der Waals surface area contributed by atoms with Crippen LogP contribution in [0.25, 0.3) is 0 Å². The van der Waals surface area contributed by atoms with E-state index in [1.165, 1.54) is 31.2 Å². The van der Waals surface area contributed by atoms with Crippen molar-refractivity contribution in [1.29, 1.82) is 0 Å². The van der Waals surface area contributed by atoms with E-state index in [1.54, 1.807) is 0 Å². The molecule has 0 unspecified atom stereocenters. The van der Waals surface area contributed by atoms with Crippen molar-refractivity contribution >= 4 is 23.2 Å². The molecule has 0 aliphatic heterocycles. The fourth-order valence-corrected chi connectivity index (χ4v) is 2.17.